The molecule has 4 rings (SSSR count). The molecule has 0 unspecified atom stereocenters. The van der Waals surface area contributed by atoms with Crippen molar-refractivity contribution >= 4 is 54.1 Å². The maximum atomic E-state index is 14.1. The highest BCUT2D eigenvalue weighted by atomic mass is 32.1. The summed E-state index contributed by atoms with van der Waals surface area (Å²) in [7, 11) is 3.99. The fourth-order valence-electron chi connectivity index (χ4n) is 2.93. The van der Waals surface area contributed by atoms with E-state index in [2.05, 4.69) is 14.9 Å². The van der Waals surface area contributed by atoms with Crippen LogP contribution in [-0.4, -0.2) is 48.0 Å². The number of amides is 1. The van der Waals surface area contributed by atoms with E-state index >= 15 is 0 Å². The van der Waals surface area contributed by atoms with Crippen molar-refractivity contribution in [3.8, 4) is 0 Å². The molecule has 0 aliphatic carbocycles. The average molecular weight is 415 g/mol. The summed E-state index contributed by atoms with van der Waals surface area (Å²) >= 11 is 2.69. The van der Waals surface area contributed by atoms with Crippen molar-refractivity contribution in [1.29, 1.82) is 0 Å². The third-order valence-electron chi connectivity index (χ3n) is 4.30. The van der Waals surface area contributed by atoms with Gasteiger partial charge in [-0.25, -0.2) is 14.4 Å². The summed E-state index contributed by atoms with van der Waals surface area (Å²) in [6.45, 7) is 1.33. The molecule has 0 saturated carbocycles. The maximum absolute atomic E-state index is 14.1. The molecule has 2 aromatic heterocycles. The zero-order valence-electron chi connectivity index (χ0n) is 15.6. The van der Waals surface area contributed by atoms with Crippen LogP contribution < -0.4 is 4.90 Å². The summed E-state index contributed by atoms with van der Waals surface area (Å²) in [5.74, 6) is -0.569. The van der Waals surface area contributed by atoms with Crippen LogP contribution in [0.3, 0.4) is 0 Å². The van der Waals surface area contributed by atoms with Gasteiger partial charge in [0.05, 0.1) is 14.9 Å². The zero-order valence-corrected chi connectivity index (χ0v) is 17.2. The number of anilines is 1. The van der Waals surface area contributed by atoms with Crippen LogP contribution in [-0.2, 0) is 0 Å². The van der Waals surface area contributed by atoms with Crippen LogP contribution in [0.2, 0.25) is 0 Å². The van der Waals surface area contributed by atoms with Crippen LogP contribution in [0.4, 0.5) is 9.52 Å². The summed E-state index contributed by atoms with van der Waals surface area (Å²) in [5.41, 5.74) is 1.11. The second kappa shape index (κ2) is 7.90. The number of halogens is 1. The maximum Gasteiger partial charge on any atom is 0.289 e. The first-order valence-corrected chi connectivity index (χ1v) is 10.5. The van der Waals surface area contributed by atoms with E-state index in [4.69, 9.17) is 0 Å². The van der Waals surface area contributed by atoms with E-state index < -0.39 is 0 Å². The molecule has 0 bridgehead atoms. The number of thiazole rings is 2. The van der Waals surface area contributed by atoms with Crippen molar-refractivity contribution < 1.29 is 9.18 Å². The molecule has 5 nitrogen and oxygen atoms in total. The van der Waals surface area contributed by atoms with Gasteiger partial charge >= 0.3 is 0 Å². The first-order chi connectivity index (χ1) is 13.5. The van der Waals surface area contributed by atoms with E-state index in [9.17, 15) is 9.18 Å². The van der Waals surface area contributed by atoms with E-state index in [1.165, 1.54) is 28.7 Å². The molecule has 28 heavy (non-hydrogen) atoms. The highest BCUT2D eigenvalue weighted by molar-refractivity contribution is 7.23. The second-order valence-electron chi connectivity index (χ2n) is 6.68. The Hall–Kier alpha value is -2.42. The Morgan fingerprint density at radius 2 is 1.79 bits per heavy atom. The Bertz CT molecular complexity index is 1100. The second-order valence-corrected chi connectivity index (χ2v) is 8.72. The number of benzene rings is 2. The minimum Gasteiger partial charge on any atom is -0.309 e. The Morgan fingerprint density at radius 1 is 1.00 bits per heavy atom. The van der Waals surface area contributed by atoms with Crippen LogP contribution in [0, 0.1) is 5.82 Å². The van der Waals surface area contributed by atoms with Crippen molar-refractivity contribution in [2.75, 3.05) is 32.1 Å². The highest BCUT2D eigenvalue weighted by Crippen LogP contribution is 2.32. The van der Waals surface area contributed by atoms with Crippen molar-refractivity contribution in [2.45, 2.75) is 6.42 Å². The lowest BCUT2D eigenvalue weighted by atomic mass is 10.3. The van der Waals surface area contributed by atoms with Gasteiger partial charge in [-0.3, -0.25) is 9.69 Å². The molecule has 0 radical (unpaired) electrons. The van der Waals surface area contributed by atoms with Crippen molar-refractivity contribution in [2.24, 2.45) is 0 Å². The Balaban J connectivity index is 1.71. The van der Waals surface area contributed by atoms with E-state index in [1.807, 2.05) is 44.4 Å². The topological polar surface area (TPSA) is 49.3 Å². The van der Waals surface area contributed by atoms with Gasteiger partial charge in [0.1, 0.15) is 11.3 Å². The smallest absolute Gasteiger partial charge is 0.289 e. The lowest BCUT2D eigenvalue weighted by Gasteiger charge is -2.19. The number of rotatable bonds is 6. The van der Waals surface area contributed by atoms with Crippen molar-refractivity contribution in [1.82, 2.24) is 14.9 Å². The zero-order chi connectivity index (χ0) is 19.7. The minimum atomic E-state index is -0.374. The molecule has 144 valence electrons. The molecule has 0 saturated heterocycles. The quantitative estimate of drug-likeness (QED) is 0.461. The van der Waals surface area contributed by atoms with Crippen molar-refractivity contribution in [3.05, 3.63) is 53.3 Å². The SMILES string of the molecule is CN(C)CCCN(C(=O)c1nc2ccccc2s1)c1nc2c(F)cccc2s1. The van der Waals surface area contributed by atoms with Crippen LogP contribution in [0.15, 0.2) is 42.5 Å². The molecule has 1 amide bonds. The van der Waals surface area contributed by atoms with Gasteiger partial charge < -0.3 is 4.90 Å². The number of hydrogen-bond acceptors (Lipinski definition) is 6. The standard InChI is InChI=1S/C20H19FN4OS2/c1-24(2)11-6-12-25(20-23-17-13(21)7-5-10-16(17)28-20)19(26)18-22-14-8-3-4-9-15(14)27-18/h3-5,7-10H,6,11-12H2,1-2H3. The molecule has 0 fully saturated rings. The van der Waals surface area contributed by atoms with Gasteiger partial charge in [0.25, 0.3) is 5.91 Å². The molecular weight excluding hydrogens is 395 g/mol. The molecule has 0 aliphatic rings. The van der Waals surface area contributed by atoms with Crippen LogP contribution >= 0.6 is 22.7 Å². The van der Waals surface area contributed by atoms with Gasteiger partial charge in [-0.1, -0.05) is 29.5 Å². The number of carbonyl (C=O) groups excluding carboxylic acids is 1. The van der Waals surface area contributed by atoms with Gasteiger partial charge in [-0.15, -0.1) is 11.3 Å². The largest absolute Gasteiger partial charge is 0.309 e. The molecule has 0 atom stereocenters. The highest BCUT2D eigenvalue weighted by Gasteiger charge is 2.24. The number of carbonyl (C=O) groups is 1. The molecule has 0 aliphatic heterocycles. The molecule has 2 aromatic carbocycles. The third kappa shape index (κ3) is 3.76. The summed E-state index contributed by atoms with van der Waals surface area (Å²) in [4.78, 5) is 25.9. The van der Waals surface area contributed by atoms with E-state index in [0.717, 1.165) is 27.9 Å². The third-order valence-corrected chi connectivity index (χ3v) is 6.37. The predicted molar refractivity (Wildman–Crippen MR) is 114 cm³/mol. The first-order valence-electron chi connectivity index (χ1n) is 8.90. The fraction of sp³-hybridized carbons (Fsp3) is 0.250. The molecule has 0 N–H and O–H groups in total. The lowest BCUT2D eigenvalue weighted by molar-refractivity contribution is 0.0986. The number of hydrogen-bond donors (Lipinski definition) is 0. The van der Waals surface area contributed by atoms with Crippen molar-refractivity contribution in [3.63, 3.8) is 0 Å². The number of para-hydroxylation sites is 2. The average Bonchev–Trinajstić information content (AvgIpc) is 3.29. The van der Waals surface area contributed by atoms with E-state index in [1.54, 1.807) is 11.0 Å². The summed E-state index contributed by atoms with van der Waals surface area (Å²) in [6, 6.07) is 12.5. The van der Waals surface area contributed by atoms with Gasteiger partial charge in [0.2, 0.25) is 0 Å². The predicted octanol–water partition coefficient (Wildman–Crippen LogP) is 4.64. The molecular formula is C20H19FN4OS2. The monoisotopic (exact) mass is 414 g/mol. The number of nitrogens with zero attached hydrogens (tertiary/aromatic N) is 4. The Labute approximate surface area is 170 Å². The first kappa shape index (κ1) is 18.9. The molecule has 2 heterocycles. The van der Waals surface area contributed by atoms with Gasteiger partial charge in [-0.2, -0.15) is 0 Å². The normalized spacial score (nSPS) is 11.6. The summed E-state index contributed by atoms with van der Waals surface area (Å²) < 4.78 is 15.8. The van der Waals surface area contributed by atoms with Gasteiger partial charge in [-0.05, 0) is 51.3 Å². The lowest BCUT2D eigenvalue weighted by Crippen LogP contribution is -2.33. The summed E-state index contributed by atoms with van der Waals surface area (Å²) in [5, 5.41) is 0.925. The van der Waals surface area contributed by atoms with Crippen LogP contribution in [0.25, 0.3) is 20.4 Å². The van der Waals surface area contributed by atoms with Crippen LogP contribution in [0.1, 0.15) is 16.2 Å². The number of aromatic nitrogens is 2. The molecule has 4 aromatic rings. The molecule has 8 heteroatoms. The van der Waals surface area contributed by atoms with Gasteiger partial charge in [0.15, 0.2) is 10.1 Å². The fourth-order valence-corrected chi connectivity index (χ4v) is 4.85. The van der Waals surface area contributed by atoms with E-state index in [0.29, 0.717) is 22.2 Å². The Morgan fingerprint density at radius 3 is 2.54 bits per heavy atom. The van der Waals surface area contributed by atoms with E-state index in [-0.39, 0.29) is 11.7 Å². The molecule has 0 spiro atoms. The van der Waals surface area contributed by atoms with Gasteiger partial charge in [0, 0.05) is 6.54 Å². The Kier molecular flexibility index (Phi) is 5.34. The summed E-state index contributed by atoms with van der Waals surface area (Å²) in [6.07, 6.45) is 0.780. The number of fused-ring (bicyclic) bond motifs is 2. The van der Waals surface area contributed by atoms with Crippen LogP contribution in [0.5, 0.6) is 0 Å². The minimum absolute atomic E-state index is 0.195.